The predicted octanol–water partition coefficient (Wildman–Crippen LogP) is 0.691. The van der Waals surface area contributed by atoms with Crippen molar-refractivity contribution in [2.24, 2.45) is 7.05 Å². The second-order valence-electron chi connectivity index (χ2n) is 6.06. The Kier molecular flexibility index (Phi) is 4.27. The Bertz CT molecular complexity index is 764. The van der Waals surface area contributed by atoms with Crippen LogP contribution in [0.3, 0.4) is 0 Å². The molecule has 1 saturated heterocycles. The molecule has 2 aromatic heterocycles. The van der Waals surface area contributed by atoms with Gasteiger partial charge in [0.2, 0.25) is 5.91 Å². The van der Waals surface area contributed by atoms with Crippen molar-refractivity contribution in [2.75, 3.05) is 13.1 Å². The molecule has 0 aromatic carbocycles. The van der Waals surface area contributed by atoms with E-state index in [-0.39, 0.29) is 18.4 Å². The largest absolute Gasteiger partial charge is 0.347 e. The molecule has 0 N–H and O–H groups in total. The summed E-state index contributed by atoms with van der Waals surface area (Å²) in [5, 5.41) is 0. The zero-order valence-corrected chi connectivity index (χ0v) is 13.5. The summed E-state index contributed by atoms with van der Waals surface area (Å²) in [6, 6.07) is 1.66. The molecule has 0 spiro atoms. The van der Waals surface area contributed by atoms with Crippen LogP contribution in [-0.2, 0) is 18.4 Å². The van der Waals surface area contributed by atoms with Crippen molar-refractivity contribution in [2.45, 2.75) is 32.2 Å². The fraction of sp³-hybridized carbons (Fsp3) is 0.500. The zero-order chi connectivity index (χ0) is 16.4. The molecule has 3 heterocycles. The monoisotopic (exact) mass is 315 g/mol. The van der Waals surface area contributed by atoms with E-state index in [0.717, 1.165) is 30.9 Å². The molecule has 2 aromatic rings. The van der Waals surface area contributed by atoms with Crippen LogP contribution in [-0.4, -0.2) is 43.0 Å². The van der Waals surface area contributed by atoms with Crippen LogP contribution in [0.1, 0.15) is 30.3 Å². The summed E-state index contributed by atoms with van der Waals surface area (Å²) in [6.45, 7) is 3.40. The average molecular weight is 315 g/mol. The Hall–Kier alpha value is -2.44. The molecule has 23 heavy (non-hydrogen) atoms. The third kappa shape index (κ3) is 3.33. The van der Waals surface area contributed by atoms with Gasteiger partial charge in [-0.2, -0.15) is 0 Å². The highest BCUT2D eigenvalue weighted by molar-refractivity contribution is 5.76. The molecule has 0 aliphatic carbocycles. The van der Waals surface area contributed by atoms with Gasteiger partial charge in [0, 0.05) is 44.6 Å². The summed E-state index contributed by atoms with van der Waals surface area (Å²) >= 11 is 0. The Morgan fingerprint density at radius 3 is 2.96 bits per heavy atom. The summed E-state index contributed by atoms with van der Waals surface area (Å²) in [4.78, 5) is 34.2. The molecular formula is C16H21N5O2. The van der Waals surface area contributed by atoms with Gasteiger partial charge in [0.25, 0.3) is 0 Å². The molecule has 122 valence electrons. The van der Waals surface area contributed by atoms with Crippen molar-refractivity contribution < 1.29 is 4.79 Å². The number of piperidine rings is 1. The molecule has 0 radical (unpaired) electrons. The number of amides is 1. The minimum absolute atomic E-state index is 0.0407. The van der Waals surface area contributed by atoms with E-state index in [2.05, 4.69) is 9.97 Å². The smallest absolute Gasteiger partial charge is 0.340 e. The Morgan fingerprint density at radius 2 is 2.26 bits per heavy atom. The predicted molar refractivity (Wildman–Crippen MR) is 85.0 cm³/mol. The Morgan fingerprint density at radius 1 is 1.43 bits per heavy atom. The number of nitrogens with zero attached hydrogens (tertiary/aromatic N) is 5. The van der Waals surface area contributed by atoms with Crippen LogP contribution in [0, 0.1) is 6.92 Å². The van der Waals surface area contributed by atoms with Crippen LogP contribution in [0.15, 0.2) is 29.5 Å². The molecule has 1 fully saturated rings. The molecule has 7 nitrogen and oxygen atoms in total. The molecule has 3 rings (SSSR count). The van der Waals surface area contributed by atoms with E-state index in [0.29, 0.717) is 6.54 Å². The number of carbonyl (C=O) groups is 1. The standard InChI is InChI=1S/C16H21N5O2/c1-12-9-19(2)15(18-12)13-5-3-7-20(10-13)14(22)11-21-8-4-6-17-16(21)23/h4,6,8-9,13H,3,5,7,10-11H2,1-2H3/t13-/m0/s1. The molecule has 0 bridgehead atoms. The van der Waals surface area contributed by atoms with E-state index in [9.17, 15) is 9.59 Å². The van der Waals surface area contributed by atoms with Gasteiger partial charge in [-0.3, -0.25) is 9.36 Å². The third-order valence-corrected chi connectivity index (χ3v) is 4.26. The molecule has 1 atom stereocenters. The number of carbonyl (C=O) groups excluding carboxylic acids is 1. The van der Waals surface area contributed by atoms with Crippen molar-refractivity contribution in [1.29, 1.82) is 0 Å². The highest BCUT2D eigenvalue weighted by Gasteiger charge is 2.27. The van der Waals surface area contributed by atoms with Crippen LogP contribution in [0.25, 0.3) is 0 Å². The van der Waals surface area contributed by atoms with Crippen LogP contribution >= 0.6 is 0 Å². The maximum absolute atomic E-state index is 12.5. The molecular weight excluding hydrogens is 294 g/mol. The first kappa shape index (κ1) is 15.5. The van der Waals surface area contributed by atoms with E-state index in [1.165, 1.54) is 10.8 Å². The van der Waals surface area contributed by atoms with Crippen LogP contribution in [0.5, 0.6) is 0 Å². The number of likely N-dealkylation sites (tertiary alicyclic amines) is 1. The van der Waals surface area contributed by atoms with Gasteiger partial charge in [0.05, 0.1) is 5.69 Å². The topological polar surface area (TPSA) is 73.0 Å². The van der Waals surface area contributed by atoms with Crippen LogP contribution in [0.2, 0.25) is 0 Å². The quantitative estimate of drug-likeness (QED) is 0.835. The number of rotatable bonds is 3. The normalized spacial score (nSPS) is 18.2. The summed E-state index contributed by atoms with van der Waals surface area (Å²) in [7, 11) is 1.99. The van der Waals surface area contributed by atoms with Gasteiger partial charge in [-0.1, -0.05) is 0 Å². The minimum Gasteiger partial charge on any atom is -0.340 e. The maximum atomic E-state index is 12.5. The highest BCUT2D eigenvalue weighted by Crippen LogP contribution is 2.26. The number of aromatic nitrogens is 4. The van der Waals surface area contributed by atoms with Gasteiger partial charge in [0.1, 0.15) is 12.4 Å². The Labute approximate surface area is 134 Å². The number of aryl methyl sites for hydroxylation is 2. The van der Waals surface area contributed by atoms with Gasteiger partial charge < -0.3 is 9.47 Å². The second kappa shape index (κ2) is 6.36. The lowest BCUT2D eigenvalue weighted by Crippen LogP contribution is -2.42. The first-order valence-electron chi connectivity index (χ1n) is 7.83. The maximum Gasteiger partial charge on any atom is 0.347 e. The van der Waals surface area contributed by atoms with E-state index in [1.807, 2.05) is 29.6 Å². The van der Waals surface area contributed by atoms with Crippen LogP contribution < -0.4 is 5.69 Å². The Balaban J connectivity index is 1.71. The molecule has 7 heteroatoms. The summed E-state index contributed by atoms with van der Waals surface area (Å²) in [5.41, 5.74) is 0.599. The van der Waals surface area contributed by atoms with Crippen molar-refractivity contribution in [3.8, 4) is 0 Å². The lowest BCUT2D eigenvalue weighted by molar-refractivity contribution is -0.133. The van der Waals surface area contributed by atoms with E-state index in [4.69, 9.17) is 0 Å². The summed E-state index contributed by atoms with van der Waals surface area (Å²) in [5.74, 6) is 1.23. The summed E-state index contributed by atoms with van der Waals surface area (Å²) < 4.78 is 3.39. The molecule has 0 saturated carbocycles. The SMILES string of the molecule is Cc1cn(C)c([C@H]2CCCN(C(=O)Cn3cccnc3=O)C2)n1. The van der Waals surface area contributed by atoms with Gasteiger partial charge in [-0.15, -0.1) is 0 Å². The molecule has 1 amide bonds. The fourth-order valence-corrected chi connectivity index (χ4v) is 3.18. The van der Waals surface area contributed by atoms with Crippen LogP contribution in [0.4, 0.5) is 0 Å². The highest BCUT2D eigenvalue weighted by atomic mass is 16.2. The van der Waals surface area contributed by atoms with Crippen molar-refractivity contribution in [1.82, 2.24) is 24.0 Å². The lowest BCUT2D eigenvalue weighted by atomic mass is 9.97. The first-order chi connectivity index (χ1) is 11.0. The van der Waals surface area contributed by atoms with Gasteiger partial charge in [-0.05, 0) is 25.8 Å². The summed E-state index contributed by atoms with van der Waals surface area (Å²) in [6.07, 6.45) is 7.01. The van der Waals surface area contributed by atoms with Gasteiger partial charge in [0.15, 0.2) is 0 Å². The van der Waals surface area contributed by atoms with Crippen molar-refractivity contribution in [3.63, 3.8) is 0 Å². The third-order valence-electron chi connectivity index (χ3n) is 4.26. The van der Waals surface area contributed by atoms with Crippen molar-refractivity contribution >= 4 is 5.91 Å². The lowest BCUT2D eigenvalue weighted by Gasteiger charge is -2.32. The minimum atomic E-state index is -0.394. The fourth-order valence-electron chi connectivity index (χ4n) is 3.18. The van der Waals surface area contributed by atoms with Crippen molar-refractivity contribution in [3.05, 3.63) is 46.7 Å². The first-order valence-corrected chi connectivity index (χ1v) is 7.83. The molecule has 1 aliphatic heterocycles. The van der Waals surface area contributed by atoms with Gasteiger partial charge in [-0.25, -0.2) is 14.8 Å². The number of hydrogen-bond acceptors (Lipinski definition) is 4. The number of hydrogen-bond donors (Lipinski definition) is 0. The molecule has 0 unspecified atom stereocenters. The van der Waals surface area contributed by atoms with E-state index < -0.39 is 5.69 Å². The zero-order valence-electron chi connectivity index (χ0n) is 13.5. The second-order valence-corrected chi connectivity index (χ2v) is 6.06. The van der Waals surface area contributed by atoms with Gasteiger partial charge >= 0.3 is 5.69 Å². The van der Waals surface area contributed by atoms with E-state index in [1.54, 1.807) is 12.3 Å². The number of imidazole rings is 1. The average Bonchev–Trinajstić information content (AvgIpc) is 2.88. The molecule has 1 aliphatic rings. The van der Waals surface area contributed by atoms with E-state index >= 15 is 0 Å².